The van der Waals surface area contributed by atoms with Crippen LogP contribution in [0.5, 0.6) is 0 Å². The molecule has 0 aliphatic carbocycles. The fourth-order valence-electron chi connectivity index (χ4n) is 3.38. The van der Waals surface area contributed by atoms with Crippen LogP contribution >= 0.6 is 11.8 Å². The van der Waals surface area contributed by atoms with Gasteiger partial charge in [0.25, 0.3) is 0 Å². The second kappa shape index (κ2) is 14.7. The second-order valence-corrected chi connectivity index (χ2v) is 10.0. The van der Waals surface area contributed by atoms with Crippen molar-refractivity contribution in [2.24, 2.45) is 11.7 Å². The molecule has 0 fully saturated rings. The molecule has 0 saturated carbocycles. The first-order chi connectivity index (χ1) is 14.4. The third-order valence-corrected chi connectivity index (χ3v) is 6.42. The number of amides is 3. The Labute approximate surface area is 191 Å². The van der Waals surface area contributed by atoms with Crippen molar-refractivity contribution in [3.05, 3.63) is 0 Å². The number of aliphatic hydroxyl groups is 2. The molecule has 0 aromatic heterocycles. The molecule has 31 heavy (non-hydrogen) atoms. The van der Waals surface area contributed by atoms with Crippen molar-refractivity contribution >= 4 is 29.5 Å². The van der Waals surface area contributed by atoms with Gasteiger partial charge in [-0.15, -0.1) is 0 Å². The van der Waals surface area contributed by atoms with E-state index in [0.717, 1.165) is 25.0 Å². The van der Waals surface area contributed by atoms with Gasteiger partial charge in [0, 0.05) is 39.3 Å². The van der Waals surface area contributed by atoms with E-state index in [1.165, 1.54) is 16.8 Å². The maximum absolute atomic E-state index is 13.3. The number of likely N-dealkylation sites (N-methyl/N-ethyl adjacent to an activating group) is 2. The lowest BCUT2D eigenvalue weighted by molar-refractivity contribution is -0.147. The van der Waals surface area contributed by atoms with Gasteiger partial charge in [0.05, 0.1) is 5.60 Å². The van der Waals surface area contributed by atoms with E-state index in [1.54, 1.807) is 32.7 Å². The Kier molecular flexibility index (Phi) is 14.1. The largest absolute Gasteiger partial charge is 0.396 e. The standard InChI is InChI=1S/C22H43N3O5S/c1-7-9-16(14-26)11-12-31-15-18(24(5)19(27)10-8-2)21(29)25(6)17(20(23)28)13-22(3,4)30/h16-18,26,30H,7-15H2,1-6H3,(H2,23,28)/t16-,17-,18+/m0/s1. The molecule has 0 aromatic carbocycles. The predicted octanol–water partition coefficient (Wildman–Crippen LogP) is 1.62. The summed E-state index contributed by atoms with van der Waals surface area (Å²) in [5.74, 6) is 0.175. The SMILES string of the molecule is CCCC(=O)N(C)[C@H](CSCC[C@@H](CO)CCC)C(=O)N(C)[C@@H](CC(C)(C)O)C(N)=O. The smallest absolute Gasteiger partial charge is 0.246 e. The van der Waals surface area contributed by atoms with Crippen LogP contribution in [0.4, 0.5) is 0 Å². The van der Waals surface area contributed by atoms with Crippen LogP contribution in [-0.4, -0.2) is 87.6 Å². The fraction of sp³-hybridized carbons (Fsp3) is 0.864. The maximum Gasteiger partial charge on any atom is 0.246 e. The highest BCUT2D eigenvalue weighted by Gasteiger charge is 2.36. The van der Waals surface area contributed by atoms with Crippen molar-refractivity contribution in [2.45, 2.75) is 83.9 Å². The number of aliphatic hydroxyl groups excluding tert-OH is 1. The van der Waals surface area contributed by atoms with Gasteiger partial charge in [-0.25, -0.2) is 0 Å². The zero-order chi connectivity index (χ0) is 24.2. The molecule has 0 spiro atoms. The zero-order valence-corrected chi connectivity index (χ0v) is 20.9. The van der Waals surface area contributed by atoms with E-state index >= 15 is 0 Å². The number of carbonyl (C=O) groups is 3. The van der Waals surface area contributed by atoms with E-state index in [1.807, 2.05) is 6.92 Å². The molecule has 0 aliphatic rings. The van der Waals surface area contributed by atoms with Crippen molar-refractivity contribution in [1.29, 1.82) is 0 Å². The van der Waals surface area contributed by atoms with Gasteiger partial charge in [-0.1, -0.05) is 20.3 Å². The van der Waals surface area contributed by atoms with Crippen LogP contribution in [0.1, 0.15) is 66.2 Å². The van der Waals surface area contributed by atoms with Gasteiger partial charge >= 0.3 is 0 Å². The predicted molar refractivity (Wildman–Crippen MR) is 126 cm³/mol. The van der Waals surface area contributed by atoms with Crippen molar-refractivity contribution in [2.75, 3.05) is 32.2 Å². The number of carbonyl (C=O) groups excluding carboxylic acids is 3. The number of primary amides is 1. The summed E-state index contributed by atoms with van der Waals surface area (Å²) < 4.78 is 0. The average molecular weight is 462 g/mol. The van der Waals surface area contributed by atoms with Gasteiger partial charge in [0.2, 0.25) is 17.7 Å². The highest BCUT2D eigenvalue weighted by molar-refractivity contribution is 7.99. The lowest BCUT2D eigenvalue weighted by Crippen LogP contribution is -2.56. The topological polar surface area (TPSA) is 124 Å². The summed E-state index contributed by atoms with van der Waals surface area (Å²) in [5.41, 5.74) is 4.33. The molecule has 0 aromatic rings. The third-order valence-electron chi connectivity index (χ3n) is 5.35. The Morgan fingerprint density at radius 2 is 1.65 bits per heavy atom. The summed E-state index contributed by atoms with van der Waals surface area (Å²) in [7, 11) is 3.10. The third kappa shape index (κ3) is 11.2. The van der Waals surface area contributed by atoms with Crippen LogP contribution in [0.25, 0.3) is 0 Å². The minimum Gasteiger partial charge on any atom is -0.396 e. The summed E-state index contributed by atoms with van der Waals surface area (Å²) in [4.78, 5) is 40.5. The first-order valence-electron chi connectivity index (χ1n) is 11.1. The minimum atomic E-state index is -1.18. The highest BCUT2D eigenvalue weighted by atomic mass is 32.2. The Balaban J connectivity index is 5.39. The van der Waals surface area contributed by atoms with Crippen molar-refractivity contribution in [3.63, 3.8) is 0 Å². The lowest BCUT2D eigenvalue weighted by Gasteiger charge is -2.35. The summed E-state index contributed by atoms with van der Waals surface area (Å²) in [5, 5.41) is 19.6. The molecule has 0 bridgehead atoms. The molecule has 0 unspecified atom stereocenters. The summed E-state index contributed by atoms with van der Waals surface area (Å²) >= 11 is 1.56. The number of thioether (sulfide) groups is 1. The van der Waals surface area contributed by atoms with E-state index in [2.05, 4.69) is 6.92 Å². The molecule has 0 aliphatic heterocycles. The molecule has 0 radical (unpaired) electrons. The number of nitrogens with zero attached hydrogens (tertiary/aromatic N) is 2. The van der Waals surface area contributed by atoms with Gasteiger partial charge in [-0.3, -0.25) is 14.4 Å². The molecule has 4 N–H and O–H groups in total. The van der Waals surface area contributed by atoms with E-state index < -0.39 is 23.6 Å². The average Bonchev–Trinajstić information content (AvgIpc) is 2.69. The van der Waals surface area contributed by atoms with Crippen LogP contribution < -0.4 is 5.73 Å². The van der Waals surface area contributed by atoms with Crippen LogP contribution in [0, 0.1) is 5.92 Å². The minimum absolute atomic E-state index is 0.00621. The first kappa shape index (κ1) is 29.7. The van der Waals surface area contributed by atoms with E-state index in [9.17, 15) is 24.6 Å². The van der Waals surface area contributed by atoms with Crippen LogP contribution in [0.2, 0.25) is 0 Å². The molecule has 8 nitrogen and oxygen atoms in total. The summed E-state index contributed by atoms with van der Waals surface area (Å²) in [6, 6.07) is -1.71. The second-order valence-electron chi connectivity index (χ2n) is 8.86. The van der Waals surface area contributed by atoms with E-state index in [0.29, 0.717) is 18.6 Å². The van der Waals surface area contributed by atoms with Crippen molar-refractivity contribution < 1.29 is 24.6 Å². The molecular formula is C22H43N3O5S. The monoisotopic (exact) mass is 461 g/mol. The number of hydrogen-bond acceptors (Lipinski definition) is 6. The van der Waals surface area contributed by atoms with Gasteiger partial charge < -0.3 is 25.7 Å². The maximum atomic E-state index is 13.3. The fourth-order valence-corrected chi connectivity index (χ4v) is 4.64. The van der Waals surface area contributed by atoms with Crippen molar-refractivity contribution in [3.8, 4) is 0 Å². The molecule has 0 heterocycles. The van der Waals surface area contributed by atoms with E-state index in [-0.39, 0.29) is 30.8 Å². The van der Waals surface area contributed by atoms with Crippen LogP contribution in [0.15, 0.2) is 0 Å². The Morgan fingerprint density at radius 1 is 1.03 bits per heavy atom. The van der Waals surface area contributed by atoms with Gasteiger partial charge in [0.1, 0.15) is 12.1 Å². The number of nitrogens with two attached hydrogens (primary N) is 1. The number of rotatable bonds is 16. The zero-order valence-electron chi connectivity index (χ0n) is 20.1. The normalized spacial score (nSPS) is 14.6. The molecule has 182 valence electrons. The Morgan fingerprint density at radius 3 is 2.10 bits per heavy atom. The summed E-state index contributed by atoms with van der Waals surface area (Å²) in [6.45, 7) is 7.24. The quantitative estimate of drug-likeness (QED) is 0.300. The van der Waals surface area contributed by atoms with Crippen LogP contribution in [0.3, 0.4) is 0 Å². The van der Waals surface area contributed by atoms with Crippen LogP contribution in [-0.2, 0) is 14.4 Å². The molecule has 3 amide bonds. The first-order valence-corrected chi connectivity index (χ1v) is 12.3. The number of hydrogen-bond donors (Lipinski definition) is 3. The molecule has 0 rings (SSSR count). The lowest BCUT2D eigenvalue weighted by atomic mass is 9.97. The molecular weight excluding hydrogens is 418 g/mol. The molecule has 3 atom stereocenters. The Bertz CT molecular complexity index is 568. The van der Waals surface area contributed by atoms with Crippen molar-refractivity contribution in [1.82, 2.24) is 9.80 Å². The van der Waals surface area contributed by atoms with Gasteiger partial charge in [0.15, 0.2) is 0 Å². The highest BCUT2D eigenvalue weighted by Crippen LogP contribution is 2.20. The van der Waals surface area contributed by atoms with Gasteiger partial charge in [-0.05, 0) is 44.8 Å². The van der Waals surface area contributed by atoms with E-state index in [4.69, 9.17) is 5.73 Å². The Hall–Kier alpha value is -1.32. The molecule has 9 heteroatoms. The summed E-state index contributed by atoms with van der Waals surface area (Å²) in [6.07, 6.45) is 3.80. The molecule has 0 saturated heterocycles. The van der Waals surface area contributed by atoms with Gasteiger partial charge in [-0.2, -0.15) is 11.8 Å².